The number of carbonyl (C=O) groups excluding carboxylic acids is 1. The van der Waals surface area contributed by atoms with E-state index in [2.05, 4.69) is 11.1 Å². The van der Waals surface area contributed by atoms with Gasteiger partial charge in [0.05, 0.1) is 11.1 Å². The number of hydrogen-bond donors (Lipinski definition) is 2. The molecular formula is C13H10N2OS. The Morgan fingerprint density at radius 2 is 2.18 bits per heavy atom. The van der Waals surface area contributed by atoms with E-state index in [9.17, 15) is 4.79 Å². The molecule has 0 radical (unpaired) electrons. The van der Waals surface area contributed by atoms with Crippen molar-refractivity contribution >= 4 is 28.1 Å². The lowest BCUT2D eigenvalue weighted by atomic mass is 10.1. The van der Waals surface area contributed by atoms with Crippen LogP contribution in [0.2, 0.25) is 0 Å². The van der Waals surface area contributed by atoms with Crippen molar-refractivity contribution in [2.75, 3.05) is 0 Å². The van der Waals surface area contributed by atoms with Crippen molar-refractivity contribution in [2.45, 2.75) is 0 Å². The van der Waals surface area contributed by atoms with Crippen LogP contribution >= 0.6 is 11.3 Å². The van der Waals surface area contributed by atoms with E-state index in [1.807, 2.05) is 35.8 Å². The summed E-state index contributed by atoms with van der Waals surface area (Å²) in [7, 11) is 0. The maximum atomic E-state index is 11.4. The summed E-state index contributed by atoms with van der Waals surface area (Å²) in [5.74, 6) is -0.407. The molecule has 0 aliphatic heterocycles. The Hall–Kier alpha value is -2.07. The van der Waals surface area contributed by atoms with Crippen molar-refractivity contribution in [3.8, 4) is 10.4 Å². The first-order valence-electron chi connectivity index (χ1n) is 5.20. The Balaban J connectivity index is 2.31. The first-order valence-corrected chi connectivity index (χ1v) is 6.08. The van der Waals surface area contributed by atoms with Crippen LogP contribution in [0, 0.1) is 0 Å². The summed E-state index contributed by atoms with van der Waals surface area (Å²) in [6, 6.07) is 9.87. The number of thiophene rings is 1. The fraction of sp³-hybridized carbons (Fsp3) is 0. The Bertz CT molecular complexity index is 683. The molecule has 1 aromatic carbocycles. The predicted molar refractivity (Wildman–Crippen MR) is 70.1 cm³/mol. The minimum atomic E-state index is -0.407. The number of amides is 1. The van der Waals surface area contributed by atoms with Crippen LogP contribution in [0.5, 0.6) is 0 Å². The molecule has 2 aromatic heterocycles. The molecule has 0 saturated carbocycles. The molecule has 0 aliphatic carbocycles. The third-order valence-electron chi connectivity index (χ3n) is 2.73. The van der Waals surface area contributed by atoms with Crippen LogP contribution in [-0.2, 0) is 0 Å². The number of rotatable bonds is 2. The van der Waals surface area contributed by atoms with Crippen molar-refractivity contribution in [1.29, 1.82) is 0 Å². The molecule has 0 bridgehead atoms. The number of carbonyl (C=O) groups is 1. The smallest absolute Gasteiger partial charge is 0.250 e. The van der Waals surface area contributed by atoms with E-state index >= 15 is 0 Å². The van der Waals surface area contributed by atoms with Gasteiger partial charge >= 0.3 is 0 Å². The summed E-state index contributed by atoms with van der Waals surface area (Å²) >= 11 is 1.65. The highest BCUT2D eigenvalue weighted by molar-refractivity contribution is 7.13. The molecule has 4 heteroatoms. The number of H-pyrrole nitrogens is 1. The van der Waals surface area contributed by atoms with Gasteiger partial charge in [-0.05, 0) is 35.2 Å². The SMILES string of the molecule is NC(=O)c1cc(-c2cccs2)cc2cc[nH]c12. The first-order chi connectivity index (χ1) is 8.25. The lowest BCUT2D eigenvalue weighted by Gasteiger charge is -2.03. The second-order valence-corrected chi connectivity index (χ2v) is 4.75. The van der Waals surface area contributed by atoms with Crippen molar-refractivity contribution in [1.82, 2.24) is 4.98 Å². The van der Waals surface area contributed by atoms with Gasteiger partial charge in [0.1, 0.15) is 0 Å². The summed E-state index contributed by atoms with van der Waals surface area (Å²) < 4.78 is 0. The van der Waals surface area contributed by atoms with Crippen LogP contribution in [0.1, 0.15) is 10.4 Å². The summed E-state index contributed by atoms with van der Waals surface area (Å²) in [5.41, 5.74) is 7.78. The molecule has 0 spiro atoms. The van der Waals surface area contributed by atoms with Gasteiger partial charge in [-0.15, -0.1) is 11.3 Å². The number of primary amides is 1. The molecule has 3 rings (SSSR count). The largest absolute Gasteiger partial charge is 0.366 e. The van der Waals surface area contributed by atoms with Crippen molar-refractivity contribution in [2.24, 2.45) is 5.73 Å². The number of aromatic amines is 1. The number of nitrogens with two attached hydrogens (primary N) is 1. The molecule has 3 nitrogen and oxygen atoms in total. The third-order valence-corrected chi connectivity index (χ3v) is 3.65. The summed E-state index contributed by atoms with van der Waals surface area (Å²) in [4.78, 5) is 15.6. The molecule has 0 saturated heterocycles. The van der Waals surface area contributed by atoms with E-state index < -0.39 is 5.91 Å². The molecular weight excluding hydrogens is 232 g/mol. The van der Waals surface area contributed by atoms with Crippen molar-refractivity contribution < 1.29 is 4.79 Å². The lowest BCUT2D eigenvalue weighted by Crippen LogP contribution is -2.11. The van der Waals surface area contributed by atoms with E-state index in [1.54, 1.807) is 11.3 Å². The van der Waals surface area contributed by atoms with Crippen LogP contribution in [-0.4, -0.2) is 10.9 Å². The minimum Gasteiger partial charge on any atom is -0.366 e. The number of benzene rings is 1. The molecule has 0 aliphatic rings. The summed E-state index contributed by atoms with van der Waals surface area (Å²) in [6.45, 7) is 0. The Labute approximate surface area is 102 Å². The second kappa shape index (κ2) is 3.75. The van der Waals surface area contributed by atoms with Gasteiger partial charge in [-0.25, -0.2) is 0 Å². The standard InChI is InChI=1S/C13H10N2OS/c14-13(16)10-7-9(11-2-1-5-17-11)6-8-3-4-15-12(8)10/h1-7,15H,(H2,14,16). The van der Waals surface area contributed by atoms with Gasteiger partial charge in [0.15, 0.2) is 0 Å². The van der Waals surface area contributed by atoms with E-state index in [-0.39, 0.29) is 0 Å². The van der Waals surface area contributed by atoms with Gasteiger partial charge in [0.25, 0.3) is 5.91 Å². The quantitative estimate of drug-likeness (QED) is 0.713. The zero-order valence-corrected chi connectivity index (χ0v) is 9.75. The van der Waals surface area contributed by atoms with Gasteiger partial charge in [0.2, 0.25) is 0 Å². The summed E-state index contributed by atoms with van der Waals surface area (Å²) in [6.07, 6.45) is 1.81. The average Bonchev–Trinajstić information content (AvgIpc) is 2.98. The Morgan fingerprint density at radius 1 is 1.29 bits per heavy atom. The molecule has 2 heterocycles. The highest BCUT2D eigenvalue weighted by atomic mass is 32.1. The topological polar surface area (TPSA) is 58.9 Å². The van der Waals surface area contributed by atoms with Crippen LogP contribution in [0.4, 0.5) is 0 Å². The first kappa shape index (κ1) is 10.1. The third kappa shape index (κ3) is 1.62. The van der Waals surface area contributed by atoms with Crippen molar-refractivity contribution in [3.63, 3.8) is 0 Å². The van der Waals surface area contributed by atoms with E-state index in [4.69, 9.17) is 5.73 Å². The fourth-order valence-corrected chi connectivity index (χ4v) is 2.67. The monoisotopic (exact) mass is 242 g/mol. The molecule has 17 heavy (non-hydrogen) atoms. The maximum absolute atomic E-state index is 11.4. The highest BCUT2D eigenvalue weighted by Crippen LogP contribution is 2.29. The van der Waals surface area contributed by atoms with E-state index in [1.165, 1.54) is 0 Å². The molecule has 3 aromatic rings. The summed E-state index contributed by atoms with van der Waals surface area (Å²) in [5, 5.41) is 3.02. The number of hydrogen-bond acceptors (Lipinski definition) is 2. The van der Waals surface area contributed by atoms with Crippen LogP contribution < -0.4 is 5.73 Å². The van der Waals surface area contributed by atoms with Gasteiger partial charge < -0.3 is 10.7 Å². The van der Waals surface area contributed by atoms with Crippen molar-refractivity contribution in [3.05, 3.63) is 47.5 Å². The molecule has 84 valence electrons. The van der Waals surface area contributed by atoms with E-state index in [0.717, 1.165) is 21.3 Å². The second-order valence-electron chi connectivity index (χ2n) is 3.81. The predicted octanol–water partition coefficient (Wildman–Crippen LogP) is 3.00. The normalized spacial score (nSPS) is 10.8. The number of nitrogens with one attached hydrogen (secondary N) is 1. The van der Waals surface area contributed by atoms with Gasteiger partial charge in [-0.1, -0.05) is 6.07 Å². The molecule has 0 fully saturated rings. The molecule has 0 atom stereocenters. The Kier molecular flexibility index (Phi) is 2.23. The number of aromatic nitrogens is 1. The van der Waals surface area contributed by atoms with Crippen LogP contribution in [0.25, 0.3) is 21.3 Å². The Morgan fingerprint density at radius 3 is 2.88 bits per heavy atom. The maximum Gasteiger partial charge on any atom is 0.250 e. The zero-order valence-electron chi connectivity index (χ0n) is 8.94. The number of fused-ring (bicyclic) bond motifs is 1. The molecule has 0 unspecified atom stereocenters. The average molecular weight is 242 g/mol. The minimum absolute atomic E-state index is 0.407. The lowest BCUT2D eigenvalue weighted by molar-refractivity contribution is 0.100. The fourth-order valence-electron chi connectivity index (χ4n) is 1.95. The van der Waals surface area contributed by atoms with E-state index in [0.29, 0.717) is 5.56 Å². The van der Waals surface area contributed by atoms with Gasteiger partial charge in [-0.2, -0.15) is 0 Å². The zero-order chi connectivity index (χ0) is 11.8. The van der Waals surface area contributed by atoms with Gasteiger partial charge in [-0.3, -0.25) is 4.79 Å². The molecule has 1 amide bonds. The van der Waals surface area contributed by atoms with Gasteiger partial charge in [0, 0.05) is 16.5 Å². The highest BCUT2D eigenvalue weighted by Gasteiger charge is 2.11. The van der Waals surface area contributed by atoms with Crippen LogP contribution in [0.3, 0.4) is 0 Å². The van der Waals surface area contributed by atoms with Crippen LogP contribution in [0.15, 0.2) is 41.9 Å². The molecule has 3 N–H and O–H groups in total.